The number of nitrogens with zero attached hydrogens (tertiary/aromatic N) is 1. The van der Waals surface area contributed by atoms with Crippen LogP contribution in [-0.4, -0.2) is 63.9 Å². The Balaban J connectivity index is 0.000000382. The van der Waals surface area contributed by atoms with Crippen LogP contribution in [-0.2, 0) is 17.6 Å². The summed E-state index contributed by atoms with van der Waals surface area (Å²) >= 11 is 5.37. The highest BCUT2D eigenvalue weighted by atomic mass is 32.1. The molecule has 1 atom stereocenters. The molecule has 0 aliphatic carbocycles. The summed E-state index contributed by atoms with van der Waals surface area (Å²) in [6.07, 6.45) is 7.61. The van der Waals surface area contributed by atoms with E-state index in [4.69, 9.17) is 37.6 Å². The number of methoxy groups -OCH3 is 3. The molecular weight excluding hydrogens is 500 g/mol. The van der Waals surface area contributed by atoms with E-state index in [0.717, 1.165) is 29.9 Å². The van der Waals surface area contributed by atoms with E-state index < -0.39 is 0 Å². The molecule has 0 aromatic heterocycles. The van der Waals surface area contributed by atoms with Gasteiger partial charge in [0.1, 0.15) is 6.61 Å². The number of carbonyl (C=O) groups is 1. The fraction of sp³-hybridized carbons (Fsp3) is 0.467. The fourth-order valence-electron chi connectivity index (χ4n) is 3.53. The Morgan fingerprint density at radius 3 is 2.16 bits per heavy atom. The Hall–Kier alpha value is -3.44. The molecule has 0 heterocycles. The molecular formula is C30H42N2O5S. The van der Waals surface area contributed by atoms with Crippen LogP contribution in [0.1, 0.15) is 38.3 Å². The molecule has 1 N–H and O–H groups in total. The fourth-order valence-corrected chi connectivity index (χ4v) is 3.76. The van der Waals surface area contributed by atoms with Crippen LogP contribution >= 0.6 is 12.2 Å². The molecule has 0 aliphatic rings. The molecule has 0 fully saturated rings. The Labute approximate surface area is 233 Å². The van der Waals surface area contributed by atoms with E-state index in [0.29, 0.717) is 36.0 Å². The zero-order chi connectivity index (χ0) is 28.5. The van der Waals surface area contributed by atoms with Crippen molar-refractivity contribution in [2.24, 2.45) is 5.92 Å². The Morgan fingerprint density at radius 2 is 1.58 bits per heavy atom. The molecule has 1 unspecified atom stereocenters. The van der Waals surface area contributed by atoms with Gasteiger partial charge in [-0.05, 0) is 62.1 Å². The van der Waals surface area contributed by atoms with Crippen LogP contribution in [0, 0.1) is 18.3 Å². The number of thiocarbonyl (C=S) groups is 1. The zero-order valence-corrected chi connectivity index (χ0v) is 24.6. The molecule has 8 heteroatoms. The van der Waals surface area contributed by atoms with Crippen molar-refractivity contribution in [3.63, 3.8) is 0 Å². The van der Waals surface area contributed by atoms with Crippen molar-refractivity contribution >= 4 is 23.1 Å². The van der Waals surface area contributed by atoms with Crippen LogP contribution in [0.15, 0.2) is 36.4 Å². The van der Waals surface area contributed by atoms with Crippen LogP contribution < -0.4 is 24.3 Å². The van der Waals surface area contributed by atoms with Crippen LogP contribution in [0.4, 0.5) is 0 Å². The average molecular weight is 543 g/mol. The van der Waals surface area contributed by atoms with Gasteiger partial charge in [0.2, 0.25) is 5.91 Å². The van der Waals surface area contributed by atoms with E-state index >= 15 is 0 Å². The third-order valence-electron chi connectivity index (χ3n) is 5.86. The highest BCUT2D eigenvalue weighted by Crippen LogP contribution is 2.29. The minimum Gasteiger partial charge on any atom is -0.493 e. The van der Waals surface area contributed by atoms with Crippen LogP contribution in [0.25, 0.3) is 0 Å². The number of hydrogen-bond donors (Lipinski definition) is 1. The maximum atomic E-state index is 11.7. The van der Waals surface area contributed by atoms with Crippen LogP contribution in [0.5, 0.6) is 23.0 Å². The van der Waals surface area contributed by atoms with Gasteiger partial charge in [0.05, 0.1) is 26.3 Å². The van der Waals surface area contributed by atoms with Crippen molar-refractivity contribution in [1.82, 2.24) is 10.2 Å². The van der Waals surface area contributed by atoms with E-state index in [1.165, 1.54) is 5.56 Å². The summed E-state index contributed by atoms with van der Waals surface area (Å²) in [4.78, 5) is 14.7. The van der Waals surface area contributed by atoms with Gasteiger partial charge in [-0.15, -0.1) is 6.42 Å². The summed E-state index contributed by atoms with van der Waals surface area (Å²) in [6, 6.07) is 11.6. The minimum absolute atomic E-state index is 0.0527. The van der Waals surface area contributed by atoms with E-state index in [2.05, 4.69) is 23.1 Å². The second-order valence-electron chi connectivity index (χ2n) is 8.58. The maximum Gasteiger partial charge on any atom is 0.223 e. The van der Waals surface area contributed by atoms with E-state index in [1.807, 2.05) is 57.3 Å². The summed E-state index contributed by atoms with van der Waals surface area (Å²) in [5, 5.41) is 2.82. The lowest BCUT2D eigenvalue weighted by Crippen LogP contribution is -2.29. The lowest BCUT2D eigenvalue weighted by atomic mass is 10.00. The number of amides is 1. The highest BCUT2D eigenvalue weighted by Gasteiger charge is 2.14. The number of terminal acetylenes is 1. The molecule has 2 aromatic rings. The molecule has 0 saturated carbocycles. The largest absolute Gasteiger partial charge is 0.493 e. The number of hydrogen-bond acceptors (Lipinski definition) is 6. The second-order valence-corrected chi connectivity index (χ2v) is 9.05. The molecule has 0 spiro atoms. The Bertz CT molecular complexity index is 1070. The van der Waals surface area contributed by atoms with Crippen molar-refractivity contribution in [2.45, 2.75) is 40.0 Å². The summed E-state index contributed by atoms with van der Waals surface area (Å²) < 4.78 is 21.2. The van der Waals surface area contributed by atoms with Crippen molar-refractivity contribution in [3.8, 4) is 35.3 Å². The van der Waals surface area contributed by atoms with Gasteiger partial charge in [-0.2, -0.15) is 0 Å². The van der Waals surface area contributed by atoms with Gasteiger partial charge >= 0.3 is 0 Å². The van der Waals surface area contributed by atoms with Crippen molar-refractivity contribution in [2.75, 3.05) is 48.1 Å². The van der Waals surface area contributed by atoms with Crippen molar-refractivity contribution in [1.29, 1.82) is 0 Å². The predicted octanol–water partition coefficient (Wildman–Crippen LogP) is 4.94. The summed E-state index contributed by atoms with van der Waals surface area (Å²) in [6.45, 7) is 7.76. The van der Waals surface area contributed by atoms with Crippen LogP contribution in [0.2, 0.25) is 0 Å². The minimum atomic E-state index is -0.0527. The van der Waals surface area contributed by atoms with Gasteiger partial charge in [-0.1, -0.05) is 37.2 Å². The van der Waals surface area contributed by atoms with E-state index in [9.17, 15) is 4.79 Å². The van der Waals surface area contributed by atoms with Gasteiger partial charge in [0, 0.05) is 32.5 Å². The molecule has 38 heavy (non-hydrogen) atoms. The Kier molecular flexibility index (Phi) is 15.4. The molecule has 0 aliphatic heterocycles. The van der Waals surface area contributed by atoms with Gasteiger partial charge in [-0.3, -0.25) is 4.79 Å². The second kappa shape index (κ2) is 17.9. The number of rotatable bonds is 13. The number of ether oxygens (including phenoxy) is 4. The monoisotopic (exact) mass is 542 g/mol. The first kappa shape index (κ1) is 32.6. The molecule has 208 valence electrons. The molecule has 0 radical (unpaired) electrons. The van der Waals surface area contributed by atoms with E-state index in [-0.39, 0.29) is 18.4 Å². The summed E-state index contributed by atoms with van der Waals surface area (Å²) in [7, 11) is 6.85. The molecule has 1 amide bonds. The lowest BCUT2D eigenvalue weighted by Gasteiger charge is -2.17. The highest BCUT2D eigenvalue weighted by molar-refractivity contribution is 7.80. The summed E-state index contributed by atoms with van der Waals surface area (Å²) in [5.41, 5.74) is 2.23. The van der Waals surface area contributed by atoms with Gasteiger partial charge < -0.3 is 29.2 Å². The Morgan fingerprint density at radius 1 is 1.00 bits per heavy atom. The lowest BCUT2D eigenvalue weighted by molar-refractivity contribution is -0.124. The number of nitrogens with one attached hydrogen (secondary N) is 1. The van der Waals surface area contributed by atoms with Gasteiger partial charge in [-0.25, -0.2) is 0 Å². The number of aryl methyl sites for hydroxylation is 1. The van der Waals surface area contributed by atoms with E-state index in [1.54, 1.807) is 21.3 Å². The zero-order valence-electron chi connectivity index (χ0n) is 23.8. The first-order chi connectivity index (χ1) is 18.2. The van der Waals surface area contributed by atoms with Crippen LogP contribution in [0.3, 0.4) is 0 Å². The predicted molar refractivity (Wildman–Crippen MR) is 158 cm³/mol. The topological polar surface area (TPSA) is 69.3 Å². The van der Waals surface area contributed by atoms with Gasteiger partial charge in [0.25, 0.3) is 0 Å². The average Bonchev–Trinajstić information content (AvgIpc) is 2.94. The smallest absolute Gasteiger partial charge is 0.223 e. The third-order valence-corrected chi connectivity index (χ3v) is 6.37. The SMILES string of the molecule is C#CCOc1ccc(CCC(=S)N(C)CC)cc1OC.CCNC(=O)C(C)Cc1ccc(OC)c(OC)c1. The normalized spacial score (nSPS) is 10.7. The quantitative estimate of drug-likeness (QED) is 0.284. The summed E-state index contributed by atoms with van der Waals surface area (Å²) in [5.74, 6) is 5.23. The van der Waals surface area contributed by atoms with Gasteiger partial charge in [0.15, 0.2) is 23.0 Å². The molecule has 2 aromatic carbocycles. The first-order valence-corrected chi connectivity index (χ1v) is 13.1. The first-order valence-electron chi connectivity index (χ1n) is 12.7. The maximum absolute atomic E-state index is 11.7. The number of benzene rings is 2. The van der Waals surface area contributed by atoms with Crippen molar-refractivity contribution < 1.29 is 23.7 Å². The van der Waals surface area contributed by atoms with Crippen molar-refractivity contribution in [3.05, 3.63) is 47.5 Å². The standard InChI is InChI=1S/C16H21NO2S.C14H21NO3/c1-5-11-19-14-9-7-13(12-15(14)18-4)8-10-16(20)17(3)6-2;1-5-15-14(16)10(2)8-11-6-7-12(17-3)13(9-11)18-4/h1,7,9,12H,6,8,10-11H2,2-4H3;6-7,9-10H,5,8H2,1-4H3,(H,15,16). The third kappa shape index (κ3) is 10.9. The molecule has 0 bridgehead atoms. The molecule has 0 saturated heterocycles. The molecule has 2 rings (SSSR count). The number of carbonyl (C=O) groups excluding carboxylic acids is 1. The molecule has 7 nitrogen and oxygen atoms in total.